The molecule has 8 aromatic carbocycles. The van der Waals surface area contributed by atoms with E-state index >= 15 is 0 Å². The molecule has 2 aromatic heterocycles. The minimum Gasteiger partial charge on any atom is -0.309 e. The van der Waals surface area contributed by atoms with Crippen LogP contribution < -0.4 is 0 Å². The lowest BCUT2D eigenvalue weighted by atomic mass is 9.70. The highest BCUT2D eigenvalue weighted by molar-refractivity contribution is 6.12. The van der Waals surface area contributed by atoms with Gasteiger partial charge in [0, 0.05) is 33.2 Å². The van der Waals surface area contributed by atoms with Crippen molar-refractivity contribution in [1.29, 1.82) is 0 Å². The molecule has 0 unspecified atom stereocenters. The molecule has 2 aliphatic carbocycles. The third kappa shape index (κ3) is 4.27. The average molecular weight is 713 g/mol. The van der Waals surface area contributed by atoms with E-state index in [2.05, 4.69) is 138 Å². The second-order valence-corrected chi connectivity index (χ2v) is 14.7. The summed E-state index contributed by atoms with van der Waals surface area (Å²) in [6.07, 6.45) is 0. The van der Waals surface area contributed by atoms with Crippen molar-refractivity contribution in [2.24, 2.45) is 0 Å². The van der Waals surface area contributed by atoms with E-state index < -0.39 is 5.41 Å². The van der Waals surface area contributed by atoms with Crippen molar-refractivity contribution in [3.63, 3.8) is 0 Å². The van der Waals surface area contributed by atoms with Crippen LogP contribution in [0.1, 0.15) is 22.3 Å². The Labute approximate surface area is 324 Å². The molecule has 260 valence electrons. The predicted octanol–water partition coefficient (Wildman–Crippen LogP) is 12.3. The molecule has 0 amide bonds. The van der Waals surface area contributed by atoms with Gasteiger partial charge in [-0.25, -0.2) is 15.0 Å². The van der Waals surface area contributed by atoms with Crippen LogP contribution >= 0.6 is 0 Å². The molecule has 0 saturated heterocycles. The molecule has 2 aliphatic rings. The number of aromatic nitrogens is 4. The fourth-order valence-electron chi connectivity index (χ4n) is 9.55. The number of para-hydroxylation sites is 1. The fraction of sp³-hybridized carbons (Fsp3) is 0.0192. The third-order valence-electron chi connectivity index (χ3n) is 11.9. The molecule has 1 spiro atoms. The van der Waals surface area contributed by atoms with E-state index in [4.69, 9.17) is 15.0 Å². The van der Waals surface area contributed by atoms with Gasteiger partial charge < -0.3 is 4.57 Å². The van der Waals surface area contributed by atoms with E-state index in [-0.39, 0.29) is 0 Å². The van der Waals surface area contributed by atoms with Crippen LogP contribution in [0.25, 0.3) is 83.9 Å². The first-order chi connectivity index (χ1) is 27.8. The Morgan fingerprint density at radius 1 is 0.321 bits per heavy atom. The van der Waals surface area contributed by atoms with Gasteiger partial charge in [0.05, 0.1) is 16.4 Å². The summed E-state index contributed by atoms with van der Waals surface area (Å²) in [6, 6.07) is 69.7. The lowest BCUT2D eigenvalue weighted by molar-refractivity contribution is 0.794. The third-order valence-corrected chi connectivity index (χ3v) is 11.9. The molecule has 0 bridgehead atoms. The van der Waals surface area contributed by atoms with Crippen molar-refractivity contribution in [3.8, 4) is 62.1 Å². The number of fused-ring (bicyclic) bond motifs is 13. The van der Waals surface area contributed by atoms with E-state index in [1.165, 1.54) is 60.8 Å². The maximum Gasteiger partial charge on any atom is 0.164 e. The van der Waals surface area contributed by atoms with Crippen molar-refractivity contribution in [2.45, 2.75) is 5.41 Å². The van der Waals surface area contributed by atoms with Crippen molar-refractivity contribution >= 4 is 21.8 Å². The second-order valence-electron chi connectivity index (χ2n) is 14.7. The monoisotopic (exact) mass is 712 g/mol. The minimum absolute atomic E-state index is 0.428. The maximum absolute atomic E-state index is 5.08. The molecule has 0 N–H and O–H groups in total. The SMILES string of the molecule is c1ccc(-c2nc(-c3ccccc3)nc(-c3cccc(-n4c5ccccc5c5cc6c(cc54)C4(c5ccccc5-c5ccccc54)c4ccccc4-6)c3)n2)cc1. The molecule has 10 aromatic rings. The van der Waals surface area contributed by atoms with Gasteiger partial charge in [-0.05, 0) is 74.8 Å². The summed E-state index contributed by atoms with van der Waals surface area (Å²) in [7, 11) is 0. The van der Waals surface area contributed by atoms with Gasteiger partial charge in [0.15, 0.2) is 17.5 Å². The fourth-order valence-corrected chi connectivity index (χ4v) is 9.55. The lowest BCUT2D eigenvalue weighted by Crippen LogP contribution is -2.25. The first-order valence-electron chi connectivity index (χ1n) is 19.1. The van der Waals surface area contributed by atoms with Gasteiger partial charge in [-0.1, -0.05) is 164 Å². The van der Waals surface area contributed by atoms with Crippen LogP contribution in [0.4, 0.5) is 0 Å². The largest absolute Gasteiger partial charge is 0.309 e. The molecule has 0 fully saturated rings. The molecule has 2 heterocycles. The van der Waals surface area contributed by atoms with Gasteiger partial charge in [0.25, 0.3) is 0 Å². The molecule has 0 atom stereocenters. The Bertz CT molecular complexity index is 3090. The highest BCUT2D eigenvalue weighted by atomic mass is 15.0. The van der Waals surface area contributed by atoms with Gasteiger partial charge in [0.1, 0.15) is 0 Å². The number of hydrogen-bond acceptors (Lipinski definition) is 3. The van der Waals surface area contributed by atoms with Crippen LogP contribution in [-0.2, 0) is 5.41 Å². The van der Waals surface area contributed by atoms with Crippen LogP contribution in [0.5, 0.6) is 0 Å². The summed E-state index contributed by atoms with van der Waals surface area (Å²) in [6.45, 7) is 0. The van der Waals surface area contributed by atoms with E-state index in [0.717, 1.165) is 27.9 Å². The molecule has 0 aliphatic heterocycles. The van der Waals surface area contributed by atoms with Crippen LogP contribution in [0.3, 0.4) is 0 Å². The van der Waals surface area contributed by atoms with Gasteiger partial charge in [-0.3, -0.25) is 0 Å². The second kappa shape index (κ2) is 11.8. The number of nitrogens with zero attached hydrogens (tertiary/aromatic N) is 4. The molecule has 0 radical (unpaired) electrons. The molecular formula is C52H32N4. The average Bonchev–Trinajstić information content (AvgIpc) is 3.87. The van der Waals surface area contributed by atoms with E-state index in [0.29, 0.717) is 17.5 Å². The first kappa shape index (κ1) is 31.0. The molecule has 4 nitrogen and oxygen atoms in total. The zero-order valence-electron chi connectivity index (χ0n) is 30.3. The predicted molar refractivity (Wildman–Crippen MR) is 227 cm³/mol. The Balaban J connectivity index is 1.12. The quantitative estimate of drug-likeness (QED) is 0.182. The summed E-state index contributed by atoms with van der Waals surface area (Å²) in [5.41, 5.74) is 16.3. The van der Waals surface area contributed by atoms with Crippen molar-refractivity contribution in [3.05, 3.63) is 216 Å². The summed E-state index contributed by atoms with van der Waals surface area (Å²) in [5, 5.41) is 2.45. The van der Waals surface area contributed by atoms with Crippen LogP contribution in [0.2, 0.25) is 0 Å². The van der Waals surface area contributed by atoms with Gasteiger partial charge in [-0.2, -0.15) is 0 Å². The smallest absolute Gasteiger partial charge is 0.164 e. The van der Waals surface area contributed by atoms with E-state index in [9.17, 15) is 0 Å². The number of benzene rings is 8. The summed E-state index contributed by atoms with van der Waals surface area (Å²) in [5.74, 6) is 1.93. The summed E-state index contributed by atoms with van der Waals surface area (Å²) < 4.78 is 2.43. The molecule has 4 heteroatoms. The Hall–Kier alpha value is -7.43. The highest BCUT2D eigenvalue weighted by Crippen LogP contribution is 2.63. The molecule has 56 heavy (non-hydrogen) atoms. The van der Waals surface area contributed by atoms with E-state index in [1.807, 2.05) is 60.7 Å². The van der Waals surface area contributed by atoms with Crippen molar-refractivity contribution < 1.29 is 0 Å². The zero-order valence-corrected chi connectivity index (χ0v) is 30.3. The molecule has 0 saturated carbocycles. The number of rotatable bonds is 4. The van der Waals surface area contributed by atoms with Crippen molar-refractivity contribution in [1.82, 2.24) is 19.5 Å². The lowest BCUT2D eigenvalue weighted by Gasteiger charge is -2.30. The number of hydrogen-bond donors (Lipinski definition) is 0. The minimum atomic E-state index is -0.428. The normalized spacial score (nSPS) is 13.1. The highest BCUT2D eigenvalue weighted by Gasteiger charge is 2.51. The molecular weight excluding hydrogens is 681 g/mol. The molecule has 12 rings (SSSR count). The van der Waals surface area contributed by atoms with E-state index in [1.54, 1.807) is 0 Å². The Kier molecular flexibility index (Phi) is 6.52. The van der Waals surface area contributed by atoms with Crippen LogP contribution in [0.15, 0.2) is 194 Å². The first-order valence-corrected chi connectivity index (χ1v) is 19.1. The standard InChI is InChI=1S/C52H32N4/c1-3-16-33(17-4-1)49-53-50(34-18-5-2-6-19-34)55-51(54-49)35-20-15-21-36(30-35)56-47-29-14-10-25-40(47)42-31-41-39-24-9-13-28-45(39)52(46(41)32-48(42)56)43-26-11-7-22-37(43)38-23-8-12-27-44(38)52/h1-32H. The maximum atomic E-state index is 5.08. The Morgan fingerprint density at radius 3 is 1.41 bits per heavy atom. The topological polar surface area (TPSA) is 43.6 Å². The van der Waals surface area contributed by atoms with Gasteiger partial charge in [0.2, 0.25) is 0 Å². The summed E-state index contributed by atoms with van der Waals surface area (Å²) in [4.78, 5) is 15.1. The van der Waals surface area contributed by atoms with Gasteiger partial charge in [-0.15, -0.1) is 0 Å². The van der Waals surface area contributed by atoms with Crippen molar-refractivity contribution in [2.75, 3.05) is 0 Å². The van der Waals surface area contributed by atoms with Crippen LogP contribution in [0, 0.1) is 0 Å². The van der Waals surface area contributed by atoms with Gasteiger partial charge >= 0.3 is 0 Å². The van der Waals surface area contributed by atoms with Crippen LogP contribution in [-0.4, -0.2) is 19.5 Å². The summed E-state index contributed by atoms with van der Waals surface area (Å²) >= 11 is 0. The zero-order chi connectivity index (χ0) is 36.8. The Morgan fingerprint density at radius 2 is 0.804 bits per heavy atom.